The van der Waals surface area contributed by atoms with Gasteiger partial charge < -0.3 is 14.7 Å². The molecule has 0 spiro atoms. The van der Waals surface area contributed by atoms with Gasteiger partial charge in [0.25, 0.3) is 0 Å². The number of aromatic amines is 2. The summed E-state index contributed by atoms with van der Waals surface area (Å²) in [4.78, 5) is 16.3. The molecule has 4 aromatic rings. The van der Waals surface area contributed by atoms with Gasteiger partial charge in [0, 0.05) is 22.6 Å². The summed E-state index contributed by atoms with van der Waals surface area (Å²) in [6, 6.07) is 24.4. The van der Waals surface area contributed by atoms with Gasteiger partial charge in [-0.05, 0) is 66.3 Å². The van der Waals surface area contributed by atoms with Crippen LogP contribution in [0.3, 0.4) is 0 Å². The molecule has 0 unspecified atom stereocenters. The lowest BCUT2D eigenvalue weighted by Crippen LogP contribution is -1.94. The highest BCUT2D eigenvalue weighted by Gasteiger charge is 2.06. The molecule has 8 bridgehead atoms. The van der Waals surface area contributed by atoms with Crippen molar-refractivity contribution in [2.24, 2.45) is 0 Å². The third kappa shape index (κ3) is 3.84. The number of hydrogen-bond donors (Lipinski definition) is 2. The van der Waals surface area contributed by atoms with Crippen molar-refractivity contribution < 1.29 is 4.74 Å². The van der Waals surface area contributed by atoms with Crippen molar-refractivity contribution in [2.45, 2.75) is 6.61 Å². The van der Waals surface area contributed by atoms with Crippen molar-refractivity contribution in [3.05, 3.63) is 101 Å². The molecule has 0 saturated heterocycles. The highest BCUT2D eigenvalue weighted by Crippen LogP contribution is 2.25. The number of H-pyrrole nitrogens is 2. The van der Waals surface area contributed by atoms with Crippen LogP contribution in [0.2, 0.25) is 0 Å². The van der Waals surface area contributed by atoms with Gasteiger partial charge in [0.15, 0.2) is 0 Å². The Morgan fingerprint density at radius 2 is 1.25 bits per heavy atom. The molecule has 1 aromatic carbocycles. The van der Waals surface area contributed by atoms with Crippen LogP contribution in [0, 0.1) is 0 Å². The molecule has 32 heavy (non-hydrogen) atoms. The van der Waals surface area contributed by atoms with Crippen LogP contribution < -0.4 is 4.74 Å². The number of benzene rings is 1. The Labute approximate surface area is 184 Å². The third-order valence-electron chi connectivity index (χ3n) is 5.37. The van der Waals surface area contributed by atoms with Crippen molar-refractivity contribution in [3.63, 3.8) is 0 Å². The standard InChI is InChI=1S/C27H20N4O/c1-2-4-18(5-3-1)17-32-27-16-25-14-23-9-8-21(29-23)12-19-6-7-20(28-19)13-22-10-11-24(30-22)15-26(27)31-25/h1-16,29,31H,17H2. The van der Waals surface area contributed by atoms with E-state index in [1.165, 1.54) is 0 Å². The van der Waals surface area contributed by atoms with Crippen molar-refractivity contribution >= 4 is 46.4 Å². The second-order valence-corrected chi connectivity index (χ2v) is 7.81. The molecule has 0 aliphatic carbocycles. The summed E-state index contributed by atoms with van der Waals surface area (Å²) in [7, 11) is 0. The van der Waals surface area contributed by atoms with Gasteiger partial charge in [-0.2, -0.15) is 0 Å². The zero-order valence-corrected chi connectivity index (χ0v) is 17.2. The maximum Gasteiger partial charge on any atom is 0.145 e. The van der Waals surface area contributed by atoms with Gasteiger partial charge in [0.05, 0.1) is 28.3 Å². The van der Waals surface area contributed by atoms with Crippen LogP contribution in [0.25, 0.3) is 46.4 Å². The first-order valence-corrected chi connectivity index (χ1v) is 10.5. The first-order chi connectivity index (χ1) is 15.8. The van der Waals surface area contributed by atoms with Gasteiger partial charge in [-0.25, -0.2) is 9.97 Å². The number of rotatable bonds is 3. The largest absolute Gasteiger partial charge is 0.487 e. The Balaban J connectivity index is 1.53. The van der Waals surface area contributed by atoms with E-state index in [2.05, 4.69) is 45.3 Å². The van der Waals surface area contributed by atoms with Crippen LogP contribution in [0.5, 0.6) is 5.75 Å². The summed E-state index contributed by atoms with van der Waals surface area (Å²) in [6.45, 7) is 0.499. The van der Waals surface area contributed by atoms with Crippen LogP contribution >= 0.6 is 0 Å². The molecule has 6 rings (SSSR count). The summed E-state index contributed by atoms with van der Waals surface area (Å²) in [6.07, 6.45) is 8.02. The molecule has 0 atom stereocenters. The smallest absolute Gasteiger partial charge is 0.145 e. The van der Waals surface area contributed by atoms with Gasteiger partial charge in [-0.3, -0.25) is 0 Å². The van der Waals surface area contributed by atoms with Gasteiger partial charge in [0.1, 0.15) is 12.4 Å². The van der Waals surface area contributed by atoms with Crippen molar-refractivity contribution in [1.82, 2.24) is 19.9 Å². The molecule has 0 amide bonds. The van der Waals surface area contributed by atoms with E-state index in [1.807, 2.05) is 66.8 Å². The zero-order valence-electron chi connectivity index (χ0n) is 17.2. The van der Waals surface area contributed by atoms with Crippen LogP contribution in [0.15, 0.2) is 72.8 Å². The lowest BCUT2D eigenvalue weighted by atomic mass is 10.2. The van der Waals surface area contributed by atoms with E-state index in [1.54, 1.807) is 0 Å². The number of nitrogens with zero attached hydrogens (tertiary/aromatic N) is 2. The SMILES string of the molecule is C1=Cc2cc3ccc(cc4cc(OCc5ccccc5)c(cc5nc(cc1n2)C=C5)[nH]4)[nH]3. The maximum absolute atomic E-state index is 6.18. The molecule has 154 valence electrons. The normalized spacial score (nSPS) is 12.2. The predicted octanol–water partition coefficient (Wildman–Crippen LogP) is 6.23. The molecule has 0 radical (unpaired) electrons. The van der Waals surface area contributed by atoms with Crippen molar-refractivity contribution in [2.75, 3.05) is 0 Å². The molecular weight excluding hydrogens is 396 g/mol. The average molecular weight is 416 g/mol. The number of fused-ring (bicyclic) bond motifs is 8. The summed E-state index contributed by atoms with van der Waals surface area (Å²) >= 11 is 0. The van der Waals surface area contributed by atoms with E-state index in [0.29, 0.717) is 6.61 Å². The minimum absolute atomic E-state index is 0.499. The second-order valence-electron chi connectivity index (χ2n) is 7.81. The van der Waals surface area contributed by atoms with Gasteiger partial charge in [-0.15, -0.1) is 0 Å². The van der Waals surface area contributed by atoms with E-state index in [-0.39, 0.29) is 0 Å². The lowest BCUT2D eigenvalue weighted by molar-refractivity contribution is 0.310. The molecule has 3 aromatic heterocycles. The van der Waals surface area contributed by atoms with Gasteiger partial charge >= 0.3 is 0 Å². The Kier molecular flexibility index (Phi) is 4.43. The summed E-state index contributed by atoms with van der Waals surface area (Å²) in [5, 5.41) is 0. The topological polar surface area (TPSA) is 66.6 Å². The van der Waals surface area contributed by atoms with Crippen LogP contribution in [-0.2, 0) is 6.61 Å². The molecule has 0 fully saturated rings. The zero-order chi connectivity index (χ0) is 21.3. The number of nitrogens with one attached hydrogen (secondary N) is 2. The van der Waals surface area contributed by atoms with Crippen molar-refractivity contribution in [3.8, 4) is 5.75 Å². The van der Waals surface area contributed by atoms with E-state index in [0.717, 1.165) is 56.2 Å². The first kappa shape index (κ1) is 18.4. The number of aromatic nitrogens is 4. The van der Waals surface area contributed by atoms with E-state index < -0.39 is 0 Å². The molecular formula is C27H20N4O. The Morgan fingerprint density at radius 1 is 0.594 bits per heavy atom. The monoisotopic (exact) mass is 416 g/mol. The molecule has 5 heterocycles. The second kappa shape index (κ2) is 7.71. The van der Waals surface area contributed by atoms with E-state index >= 15 is 0 Å². The first-order valence-electron chi connectivity index (χ1n) is 10.5. The van der Waals surface area contributed by atoms with E-state index in [4.69, 9.17) is 9.72 Å². The van der Waals surface area contributed by atoms with Crippen LogP contribution in [0.4, 0.5) is 0 Å². The summed E-state index contributed by atoms with van der Waals surface area (Å²) < 4.78 is 6.18. The Morgan fingerprint density at radius 3 is 2.00 bits per heavy atom. The Hall–Kier alpha value is -4.38. The van der Waals surface area contributed by atoms with Gasteiger partial charge in [0.2, 0.25) is 0 Å². The van der Waals surface area contributed by atoms with Crippen molar-refractivity contribution in [1.29, 1.82) is 0 Å². The molecule has 5 nitrogen and oxygen atoms in total. The summed E-state index contributed by atoms with van der Waals surface area (Å²) in [5.41, 5.74) is 8.50. The molecule has 2 aliphatic rings. The number of hydrogen-bond acceptors (Lipinski definition) is 3. The summed E-state index contributed by atoms with van der Waals surface area (Å²) in [5.74, 6) is 0.790. The minimum atomic E-state index is 0.499. The lowest BCUT2D eigenvalue weighted by Gasteiger charge is -2.04. The molecule has 2 aliphatic heterocycles. The molecule has 5 heteroatoms. The minimum Gasteiger partial charge on any atom is -0.487 e. The highest BCUT2D eigenvalue weighted by atomic mass is 16.5. The fraction of sp³-hybridized carbons (Fsp3) is 0.0370. The van der Waals surface area contributed by atoms with E-state index in [9.17, 15) is 0 Å². The van der Waals surface area contributed by atoms with Gasteiger partial charge in [-0.1, -0.05) is 30.3 Å². The average Bonchev–Trinajstić information content (AvgIpc) is 3.58. The van der Waals surface area contributed by atoms with Crippen LogP contribution in [-0.4, -0.2) is 19.9 Å². The Bertz CT molecular complexity index is 1520. The molecule has 0 saturated carbocycles. The molecule has 2 N–H and O–H groups in total. The maximum atomic E-state index is 6.18. The van der Waals surface area contributed by atoms with Crippen LogP contribution in [0.1, 0.15) is 28.3 Å². The third-order valence-corrected chi connectivity index (χ3v) is 5.37. The fourth-order valence-corrected chi connectivity index (χ4v) is 3.85. The predicted molar refractivity (Wildman–Crippen MR) is 130 cm³/mol. The number of ether oxygens (including phenoxy) is 1. The highest BCUT2D eigenvalue weighted by molar-refractivity contribution is 5.79. The quantitative estimate of drug-likeness (QED) is 0.359. The fourth-order valence-electron chi connectivity index (χ4n) is 3.85.